The lowest BCUT2D eigenvalue weighted by Crippen LogP contribution is -2.11. The summed E-state index contributed by atoms with van der Waals surface area (Å²) in [5.41, 5.74) is 0.860. The van der Waals surface area contributed by atoms with Gasteiger partial charge in [0, 0.05) is 28.0 Å². The minimum Gasteiger partial charge on any atom is -0.292 e. The van der Waals surface area contributed by atoms with Crippen molar-refractivity contribution in [2.45, 2.75) is 5.92 Å². The molecule has 0 bridgehead atoms. The van der Waals surface area contributed by atoms with E-state index in [1.165, 1.54) is 24.4 Å². The van der Waals surface area contributed by atoms with E-state index in [9.17, 15) is 10.1 Å². The first-order valence-corrected chi connectivity index (χ1v) is 6.17. The molecule has 2 aromatic rings. The SMILES string of the molecule is N#CC(C(=O)c1cc(Cl)cc(Cl)c1)c1cccnc1. The molecule has 0 radical (unpaired) electrons. The van der Waals surface area contributed by atoms with Crippen LogP contribution in [-0.4, -0.2) is 10.8 Å². The standard InChI is InChI=1S/C14H8Cl2N2O/c15-11-4-10(5-12(16)6-11)14(19)13(7-17)9-2-1-3-18-8-9/h1-6,8,13H. The van der Waals surface area contributed by atoms with E-state index in [4.69, 9.17) is 23.2 Å². The molecule has 94 valence electrons. The fraction of sp³-hybridized carbons (Fsp3) is 0.0714. The van der Waals surface area contributed by atoms with Crippen LogP contribution in [0.1, 0.15) is 21.8 Å². The van der Waals surface area contributed by atoms with Gasteiger partial charge < -0.3 is 0 Å². The molecule has 3 nitrogen and oxygen atoms in total. The Morgan fingerprint density at radius 3 is 2.47 bits per heavy atom. The number of carbonyl (C=O) groups excluding carboxylic acids is 1. The number of halogens is 2. The van der Waals surface area contributed by atoms with Gasteiger partial charge in [0.15, 0.2) is 5.78 Å². The van der Waals surface area contributed by atoms with Crippen molar-refractivity contribution in [3.8, 4) is 6.07 Å². The molecule has 1 aromatic heterocycles. The largest absolute Gasteiger partial charge is 0.292 e. The first-order valence-electron chi connectivity index (χ1n) is 5.41. The zero-order valence-electron chi connectivity index (χ0n) is 9.68. The number of hydrogen-bond acceptors (Lipinski definition) is 3. The Kier molecular flexibility index (Phi) is 4.16. The second-order valence-electron chi connectivity index (χ2n) is 3.87. The Bertz CT molecular complexity index is 630. The summed E-state index contributed by atoms with van der Waals surface area (Å²) in [4.78, 5) is 16.2. The molecule has 19 heavy (non-hydrogen) atoms. The van der Waals surface area contributed by atoms with E-state index < -0.39 is 5.92 Å². The van der Waals surface area contributed by atoms with Crippen molar-refractivity contribution < 1.29 is 4.79 Å². The van der Waals surface area contributed by atoms with Crippen LogP contribution >= 0.6 is 23.2 Å². The van der Waals surface area contributed by atoms with E-state index in [2.05, 4.69) is 4.98 Å². The predicted octanol–water partition coefficient (Wildman–Crippen LogP) is 3.88. The molecule has 0 aliphatic rings. The molecule has 1 unspecified atom stereocenters. The summed E-state index contributed by atoms with van der Waals surface area (Å²) in [5.74, 6) is -1.26. The van der Waals surface area contributed by atoms with Gasteiger partial charge in [0.05, 0.1) is 6.07 Å². The number of aromatic nitrogens is 1. The molecular formula is C14H8Cl2N2O. The van der Waals surface area contributed by atoms with E-state index in [1.807, 2.05) is 6.07 Å². The van der Waals surface area contributed by atoms with Gasteiger partial charge in [0.1, 0.15) is 5.92 Å². The molecule has 0 saturated carbocycles. The Morgan fingerprint density at radius 1 is 1.26 bits per heavy atom. The number of rotatable bonds is 3. The minimum atomic E-state index is -0.914. The Labute approximate surface area is 120 Å². The van der Waals surface area contributed by atoms with Gasteiger partial charge in [-0.25, -0.2) is 0 Å². The zero-order chi connectivity index (χ0) is 13.8. The summed E-state index contributed by atoms with van der Waals surface area (Å²) in [7, 11) is 0. The van der Waals surface area contributed by atoms with Crippen molar-refractivity contribution in [1.82, 2.24) is 4.98 Å². The van der Waals surface area contributed by atoms with E-state index >= 15 is 0 Å². The summed E-state index contributed by atoms with van der Waals surface area (Å²) in [6, 6.07) is 9.87. The van der Waals surface area contributed by atoms with Crippen molar-refractivity contribution in [2.75, 3.05) is 0 Å². The van der Waals surface area contributed by atoms with Gasteiger partial charge in [0.25, 0.3) is 0 Å². The molecule has 0 N–H and O–H groups in total. The number of carbonyl (C=O) groups is 1. The number of nitrogens with zero attached hydrogens (tertiary/aromatic N) is 2. The number of pyridine rings is 1. The summed E-state index contributed by atoms with van der Waals surface area (Å²) in [6.07, 6.45) is 3.08. The first-order chi connectivity index (χ1) is 9.11. The van der Waals surface area contributed by atoms with Crippen LogP contribution in [0.3, 0.4) is 0 Å². The maximum Gasteiger partial charge on any atom is 0.184 e. The topological polar surface area (TPSA) is 53.8 Å². The van der Waals surface area contributed by atoms with Crippen LogP contribution in [0.15, 0.2) is 42.7 Å². The van der Waals surface area contributed by atoms with Gasteiger partial charge in [-0.3, -0.25) is 9.78 Å². The first kappa shape index (κ1) is 13.5. The highest BCUT2D eigenvalue weighted by Crippen LogP contribution is 2.24. The molecule has 1 atom stereocenters. The quantitative estimate of drug-likeness (QED) is 0.806. The van der Waals surface area contributed by atoms with Gasteiger partial charge in [-0.05, 0) is 29.8 Å². The number of hydrogen-bond donors (Lipinski definition) is 0. The molecule has 0 saturated heterocycles. The molecule has 1 aromatic carbocycles. The van der Waals surface area contributed by atoms with Crippen LogP contribution in [0.25, 0.3) is 0 Å². The average Bonchev–Trinajstić information content (AvgIpc) is 2.39. The van der Waals surface area contributed by atoms with Crippen LogP contribution in [0.5, 0.6) is 0 Å². The van der Waals surface area contributed by atoms with Crippen LogP contribution in [0.2, 0.25) is 10.0 Å². The third kappa shape index (κ3) is 3.11. The maximum absolute atomic E-state index is 12.3. The number of nitriles is 1. The van der Waals surface area contributed by atoms with Crippen molar-refractivity contribution in [1.29, 1.82) is 5.26 Å². The average molecular weight is 291 g/mol. The van der Waals surface area contributed by atoms with Gasteiger partial charge in [-0.1, -0.05) is 29.3 Å². The van der Waals surface area contributed by atoms with Crippen LogP contribution in [0.4, 0.5) is 0 Å². The van der Waals surface area contributed by atoms with Crippen molar-refractivity contribution in [3.63, 3.8) is 0 Å². The van der Waals surface area contributed by atoms with E-state index in [0.717, 1.165) is 0 Å². The van der Waals surface area contributed by atoms with Crippen molar-refractivity contribution in [3.05, 3.63) is 63.9 Å². The van der Waals surface area contributed by atoms with E-state index in [0.29, 0.717) is 21.2 Å². The highest BCUT2D eigenvalue weighted by atomic mass is 35.5. The highest BCUT2D eigenvalue weighted by Gasteiger charge is 2.22. The molecule has 0 spiro atoms. The number of Topliss-reactive ketones (excluding diaryl/α,β-unsaturated/α-hetero) is 1. The Hall–Kier alpha value is -1.89. The Balaban J connectivity index is 2.40. The van der Waals surface area contributed by atoms with Crippen LogP contribution in [-0.2, 0) is 0 Å². The minimum absolute atomic E-state index is 0.313. The van der Waals surface area contributed by atoms with Gasteiger partial charge in [-0.15, -0.1) is 0 Å². The lowest BCUT2D eigenvalue weighted by molar-refractivity contribution is 0.0978. The van der Waals surface area contributed by atoms with Crippen LogP contribution in [0, 0.1) is 11.3 Å². The molecule has 0 aliphatic heterocycles. The summed E-state index contributed by atoms with van der Waals surface area (Å²) < 4.78 is 0. The zero-order valence-corrected chi connectivity index (χ0v) is 11.2. The lowest BCUT2D eigenvalue weighted by Gasteiger charge is -2.08. The van der Waals surface area contributed by atoms with Gasteiger partial charge in [-0.2, -0.15) is 5.26 Å². The van der Waals surface area contributed by atoms with Crippen molar-refractivity contribution in [2.24, 2.45) is 0 Å². The molecule has 0 fully saturated rings. The second kappa shape index (κ2) is 5.83. The molecule has 1 heterocycles. The lowest BCUT2D eigenvalue weighted by atomic mass is 9.93. The fourth-order valence-electron chi connectivity index (χ4n) is 1.69. The predicted molar refractivity (Wildman–Crippen MR) is 73.4 cm³/mol. The normalized spacial score (nSPS) is 11.6. The molecule has 0 amide bonds. The summed E-state index contributed by atoms with van der Waals surface area (Å²) in [6.45, 7) is 0. The number of benzene rings is 1. The maximum atomic E-state index is 12.3. The highest BCUT2D eigenvalue weighted by molar-refractivity contribution is 6.35. The number of ketones is 1. The van der Waals surface area contributed by atoms with Gasteiger partial charge >= 0.3 is 0 Å². The molecule has 5 heteroatoms. The summed E-state index contributed by atoms with van der Waals surface area (Å²) in [5, 5.41) is 9.91. The molecular weight excluding hydrogens is 283 g/mol. The van der Waals surface area contributed by atoms with Gasteiger partial charge in [0.2, 0.25) is 0 Å². The monoisotopic (exact) mass is 290 g/mol. The van der Waals surface area contributed by atoms with E-state index in [-0.39, 0.29) is 5.78 Å². The van der Waals surface area contributed by atoms with E-state index in [1.54, 1.807) is 18.3 Å². The molecule has 2 rings (SSSR count). The summed E-state index contributed by atoms with van der Waals surface area (Å²) >= 11 is 11.7. The Morgan fingerprint density at radius 2 is 1.95 bits per heavy atom. The smallest absolute Gasteiger partial charge is 0.184 e. The van der Waals surface area contributed by atoms with Crippen molar-refractivity contribution >= 4 is 29.0 Å². The third-order valence-electron chi connectivity index (χ3n) is 2.56. The fourth-order valence-corrected chi connectivity index (χ4v) is 2.22. The third-order valence-corrected chi connectivity index (χ3v) is 2.99. The molecule has 0 aliphatic carbocycles. The van der Waals surface area contributed by atoms with Crippen LogP contribution < -0.4 is 0 Å². The second-order valence-corrected chi connectivity index (χ2v) is 4.74.